The molecule has 24 heavy (non-hydrogen) atoms. The Hall–Kier alpha value is -1.84. The van der Waals surface area contributed by atoms with Crippen LogP contribution in [0.1, 0.15) is 63.0 Å². The van der Waals surface area contributed by atoms with E-state index < -0.39 is 0 Å². The molecule has 2 amide bonds. The minimum atomic E-state index is -0.0892. The van der Waals surface area contributed by atoms with E-state index in [4.69, 9.17) is 0 Å². The summed E-state index contributed by atoms with van der Waals surface area (Å²) in [4.78, 5) is 24.0. The monoisotopic (exact) mass is 328 g/mol. The predicted octanol–water partition coefficient (Wildman–Crippen LogP) is 3.34. The average Bonchev–Trinajstić information content (AvgIpc) is 3.46. The van der Waals surface area contributed by atoms with E-state index in [1.807, 2.05) is 18.2 Å². The van der Waals surface area contributed by atoms with Gasteiger partial charge in [0.15, 0.2) is 0 Å². The van der Waals surface area contributed by atoms with E-state index in [1.165, 1.54) is 32.1 Å². The molecule has 1 aromatic carbocycles. The Kier molecular flexibility index (Phi) is 5.89. The molecule has 2 aliphatic rings. The van der Waals surface area contributed by atoms with Crippen LogP contribution in [0.2, 0.25) is 0 Å². The summed E-state index contributed by atoms with van der Waals surface area (Å²) in [5.41, 5.74) is 1.16. The van der Waals surface area contributed by atoms with E-state index in [0.717, 1.165) is 24.8 Å². The second-order valence-corrected chi connectivity index (χ2v) is 7.26. The lowest BCUT2D eigenvalue weighted by Crippen LogP contribution is -2.39. The lowest BCUT2D eigenvalue weighted by molar-refractivity contribution is -0.127. The van der Waals surface area contributed by atoms with Crippen LogP contribution < -0.4 is 10.6 Å². The quantitative estimate of drug-likeness (QED) is 0.806. The number of carbonyl (C=O) groups excluding carboxylic acids is 2. The molecule has 2 N–H and O–H groups in total. The Morgan fingerprint density at radius 3 is 2.38 bits per heavy atom. The normalized spacial score (nSPS) is 19.5. The number of hydrogen-bond donors (Lipinski definition) is 2. The summed E-state index contributed by atoms with van der Waals surface area (Å²) >= 11 is 0. The highest BCUT2D eigenvalue weighted by atomic mass is 16.2. The molecule has 2 aliphatic carbocycles. The van der Waals surface area contributed by atoms with E-state index in [2.05, 4.69) is 22.8 Å². The summed E-state index contributed by atoms with van der Waals surface area (Å²) in [6.45, 7) is 0.0866. The summed E-state index contributed by atoms with van der Waals surface area (Å²) in [7, 11) is 0. The first-order valence-electron chi connectivity index (χ1n) is 9.34. The molecule has 0 heterocycles. The summed E-state index contributed by atoms with van der Waals surface area (Å²) in [6, 6.07) is 10.2. The standard InChI is InChI=1S/C20H28N2O2/c23-19(14-21-20(24)17-11-12-17)22-18(16-9-5-2-6-10-16)13-15-7-3-1-4-8-15/h2,5-6,9-10,15,17-18H,1,3-4,7-8,11-14H2,(H,21,24)(H,22,23)/t18-/m0/s1. The molecule has 0 bridgehead atoms. The number of rotatable bonds is 7. The molecule has 0 saturated heterocycles. The number of amides is 2. The van der Waals surface area contributed by atoms with Crippen molar-refractivity contribution in [2.75, 3.05) is 6.54 Å². The maximum atomic E-state index is 12.3. The van der Waals surface area contributed by atoms with Crippen molar-refractivity contribution >= 4 is 11.8 Å². The summed E-state index contributed by atoms with van der Waals surface area (Å²) in [6.07, 6.45) is 9.38. The zero-order chi connectivity index (χ0) is 16.8. The first-order valence-corrected chi connectivity index (χ1v) is 9.34. The SMILES string of the molecule is O=C(CNC(=O)C1CC1)N[C@@H](CC1CCCCC1)c1ccccc1. The van der Waals surface area contributed by atoms with Crippen LogP contribution in [0.25, 0.3) is 0 Å². The Morgan fingerprint density at radius 1 is 1.00 bits per heavy atom. The van der Waals surface area contributed by atoms with Gasteiger partial charge < -0.3 is 10.6 Å². The summed E-state index contributed by atoms with van der Waals surface area (Å²) < 4.78 is 0. The smallest absolute Gasteiger partial charge is 0.239 e. The third kappa shape index (κ3) is 5.08. The van der Waals surface area contributed by atoms with Gasteiger partial charge in [-0.15, -0.1) is 0 Å². The van der Waals surface area contributed by atoms with Crippen molar-refractivity contribution in [2.24, 2.45) is 11.8 Å². The van der Waals surface area contributed by atoms with Gasteiger partial charge in [-0.3, -0.25) is 9.59 Å². The van der Waals surface area contributed by atoms with Gasteiger partial charge in [0.1, 0.15) is 0 Å². The minimum Gasteiger partial charge on any atom is -0.348 e. The van der Waals surface area contributed by atoms with Crippen molar-refractivity contribution in [3.63, 3.8) is 0 Å². The summed E-state index contributed by atoms with van der Waals surface area (Å²) in [5.74, 6) is 0.762. The molecular formula is C20H28N2O2. The van der Waals surface area contributed by atoms with Crippen molar-refractivity contribution in [2.45, 2.75) is 57.4 Å². The highest BCUT2D eigenvalue weighted by molar-refractivity contribution is 5.87. The van der Waals surface area contributed by atoms with Gasteiger partial charge in [0, 0.05) is 5.92 Å². The van der Waals surface area contributed by atoms with E-state index in [-0.39, 0.29) is 30.3 Å². The molecule has 0 aliphatic heterocycles. The second-order valence-electron chi connectivity index (χ2n) is 7.26. The van der Waals surface area contributed by atoms with Crippen LogP contribution in [0.4, 0.5) is 0 Å². The maximum Gasteiger partial charge on any atom is 0.239 e. The van der Waals surface area contributed by atoms with E-state index >= 15 is 0 Å². The Balaban J connectivity index is 1.56. The highest BCUT2D eigenvalue weighted by Crippen LogP contribution is 2.32. The van der Waals surface area contributed by atoms with Crippen LogP contribution >= 0.6 is 0 Å². The molecule has 130 valence electrons. The third-order valence-electron chi connectivity index (χ3n) is 5.20. The lowest BCUT2D eigenvalue weighted by Gasteiger charge is -2.27. The highest BCUT2D eigenvalue weighted by Gasteiger charge is 2.29. The fraction of sp³-hybridized carbons (Fsp3) is 0.600. The van der Waals surface area contributed by atoms with Gasteiger partial charge in [0.2, 0.25) is 11.8 Å². The van der Waals surface area contributed by atoms with Gasteiger partial charge in [-0.2, -0.15) is 0 Å². The zero-order valence-electron chi connectivity index (χ0n) is 14.3. The van der Waals surface area contributed by atoms with Gasteiger partial charge in [0.25, 0.3) is 0 Å². The average molecular weight is 328 g/mol. The molecule has 3 rings (SSSR count). The molecule has 4 heteroatoms. The largest absolute Gasteiger partial charge is 0.348 e. The second kappa shape index (κ2) is 8.32. The summed E-state index contributed by atoms with van der Waals surface area (Å²) in [5, 5.41) is 5.90. The van der Waals surface area contributed by atoms with Gasteiger partial charge >= 0.3 is 0 Å². The first-order chi connectivity index (χ1) is 11.7. The van der Waals surface area contributed by atoms with Crippen LogP contribution in [0.15, 0.2) is 30.3 Å². The van der Waals surface area contributed by atoms with Crippen molar-refractivity contribution in [3.05, 3.63) is 35.9 Å². The molecule has 4 nitrogen and oxygen atoms in total. The lowest BCUT2D eigenvalue weighted by atomic mass is 9.83. The first kappa shape index (κ1) is 17.0. The van der Waals surface area contributed by atoms with E-state index in [0.29, 0.717) is 5.92 Å². The zero-order valence-corrected chi connectivity index (χ0v) is 14.3. The minimum absolute atomic E-state index is 0.0219. The molecule has 0 aromatic heterocycles. The van der Waals surface area contributed by atoms with Crippen LogP contribution in [-0.4, -0.2) is 18.4 Å². The fourth-order valence-electron chi connectivity index (χ4n) is 3.62. The number of nitrogens with one attached hydrogen (secondary N) is 2. The van der Waals surface area contributed by atoms with Crippen LogP contribution in [0, 0.1) is 11.8 Å². The fourth-order valence-corrected chi connectivity index (χ4v) is 3.62. The van der Waals surface area contributed by atoms with Gasteiger partial charge in [-0.05, 0) is 30.7 Å². The van der Waals surface area contributed by atoms with Crippen LogP contribution in [0.5, 0.6) is 0 Å². The van der Waals surface area contributed by atoms with Gasteiger partial charge in [0.05, 0.1) is 12.6 Å². The van der Waals surface area contributed by atoms with Crippen LogP contribution in [-0.2, 0) is 9.59 Å². The molecule has 2 saturated carbocycles. The molecule has 1 aromatic rings. The Bertz CT molecular complexity index is 548. The number of hydrogen-bond acceptors (Lipinski definition) is 2. The van der Waals surface area contributed by atoms with E-state index in [9.17, 15) is 9.59 Å². The molecule has 0 spiro atoms. The number of carbonyl (C=O) groups is 2. The predicted molar refractivity (Wildman–Crippen MR) is 94.3 cm³/mol. The van der Waals surface area contributed by atoms with E-state index in [1.54, 1.807) is 0 Å². The van der Waals surface area contributed by atoms with Crippen molar-refractivity contribution in [1.82, 2.24) is 10.6 Å². The van der Waals surface area contributed by atoms with Crippen molar-refractivity contribution < 1.29 is 9.59 Å². The third-order valence-corrected chi connectivity index (χ3v) is 5.20. The molecule has 0 unspecified atom stereocenters. The molecule has 1 atom stereocenters. The van der Waals surface area contributed by atoms with Gasteiger partial charge in [-0.25, -0.2) is 0 Å². The van der Waals surface area contributed by atoms with Crippen molar-refractivity contribution in [1.29, 1.82) is 0 Å². The molecule has 0 radical (unpaired) electrons. The van der Waals surface area contributed by atoms with Crippen LogP contribution in [0.3, 0.4) is 0 Å². The Morgan fingerprint density at radius 2 is 1.71 bits per heavy atom. The topological polar surface area (TPSA) is 58.2 Å². The number of benzene rings is 1. The maximum absolute atomic E-state index is 12.3. The van der Waals surface area contributed by atoms with Crippen molar-refractivity contribution in [3.8, 4) is 0 Å². The van der Waals surface area contributed by atoms with Gasteiger partial charge in [-0.1, -0.05) is 62.4 Å². The molecular weight excluding hydrogens is 300 g/mol. The Labute approximate surface area is 144 Å². The molecule has 2 fully saturated rings.